The van der Waals surface area contributed by atoms with Crippen molar-refractivity contribution in [3.63, 3.8) is 0 Å². The maximum absolute atomic E-state index is 5.58. The number of rotatable bonds is 13. The third kappa shape index (κ3) is 12.9. The molecule has 0 unspecified atom stereocenters. The average molecular weight is 315 g/mol. The molecular weight excluding hydrogens is 276 g/mol. The molecule has 0 aromatic heterocycles. The maximum atomic E-state index is 5.58. The minimum Gasteiger partial charge on any atom is -0.380 e. The van der Waals surface area contributed by atoms with Crippen molar-refractivity contribution in [3.05, 3.63) is 0 Å². The van der Waals surface area contributed by atoms with Gasteiger partial charge in [0.15, 0.2) is 5.96 Å². The van der Waals surface area contributed by atoms with Crippen LogP contribution in [0.2, 0.25) is 0 Å². The van der Waals surface area contributed by atoms with Gasteiger partial charge in [-0.15, -0.1) is 0 Å². The van der Waals surface area contributed by atoms with Crippen LogP contribution in [-0.4, -0.2) is 63.8 Å². The molecule has 22 heavy (non-hydrogen) atoms. The van der Waals surface area contributed by atoms with E-state index in [9.17, 15) is 0 Å². The predicted molar refractivity (Wildman–Crippen MR) is 96.7 cm³/mol. The molecule has 0 aromatic carbocycles. The molecule has 0 radical (unpaired) electrons. The normalized spacial score (nSPS) is 12.2. The largest absolute Gasteiger partial charge is 0.380 e. The van der Waals surface area contributed by atoms with Gasteiger partial charge in [0.05, 0.1) is 6.61 Å². The van der Waals surface area contributed by atoms with Crippen LogP contribution in [0.1, 0.15) is 47.0 Å². The second-order valence-corrected chi connectivity index (χ2v) is 5.95. The molecule has 0 aromatic rings. The third-order valence-corrected chi connectivity index (χ3v) is 3.69. The first-order chi connectivity index (χ1) is 10.6. The summed E-state index contributed by atoms with van der Waals surface area (Å²) in [7, 11) is 1.81. The second kappa shape index (κ2) is 15.1. The first kappa shape index (κ1) is 21.2. The number of hydrogen-bond donors (Lipinski definition) is 2. The number of aliphatic imine (C=N–C) groups is 1. The molecule has 0 spiro atoms. The standard InChI is InChI=1S/C17H38N4O/c1-6-21(7-2)13-9-8-11-19-17(18-5)20-12-15-22-14-10-16(3)4/h16H,6-15H2,1-5H3,(H2,18,19,20). The molecule has 0 saturated carbocycles. The molecule has 0 bridgehead atoms. The van der Waals surface area contributed by atoms with Crippen LogP contribution in [0, 0.1) is 5.92 Å². The fourth-order valence-electron chi connectivity index (χ4n) is 2.09. The van der Waals surface area contributed by atoms with Gasteiger partial charge >= 0.3 is 0 Å². The van der Waals surface area contributed by atoms with Crippen LogP contribution in [0.25, 0.3) is 0 Å². The molecule has 0 rings (SSSR count). The SMILES string of the molecule is CCN(CC)CCCCNC(=NC)NCCOCCC(C)C. The van der Waals surface area contributed by atoms with Gasteiger partial charge in [0.1, 0.15) is 0 Å². The van der Waals surface area contributed by atoms with E-state index in [-0.39, 0.29) is 0 Å². The van der Waals surface area contributed by atoms with E-state index in [0.29, 0.717) is 5.92 Å². The van der Waals surface area contributed by atoms with Crippen LogP contribution in [0.15, 0.2) is 4.99 Å². The lowest BCUT2D eigenvalue weighted by Crippen LogP contribution is -2.39. The molecule has 0 aliphatic rings. The lowest BCUT2D eigenvalue weighted by atomic mass is 10.1. The lowest BCUT2D eigenvalue weighted by Gasteiger charge is -2.18. The molecule has 0 aliphatic heterocycles. The highest BCUT2D eigenvalue weighted by Crippen LogP contribution is 1.98. The summed E-state index contributed by atoms with van der Waals surface area (Å²) in [6, 6.07) is 0. The van der Waals surface area contributed by atoms with E-state index in [1.165, 1.54) is 19.4 Å². The van der Waals surface area contributed by atoms with Gasteiger partial charge in [-0.25, -0.2) is 0 Å². The van der Waals surface area contributed by atoms with Crippen molar-refractivity contribution < 1.29 is 4.74 Å². The monoisotopic (exact) mass is 314 g/mol. The van der Waals surface area contributed by atoms with E-state index < -0.39 is 0 Å². The van der Waals surface area contributed by atoms with Gasteiger partial charge in [-0.1, -0.05) is 27.7 Å². The summed E-state index contributed by atoms with van der Waals surface area (Å²) >= 11 is 0. The molecule has 0 heterocycles. The van der Waals surface area contributed by atoms with Crippen LogP contribution in [0.3, 0.4) is 0 Å². The summed E-state index contributed by atoms with van der Waals surface area (Å²) in [5.74, 6) is 1.58. The smallest absolute Gasteiger partial charge is 0.191 e. The Morgan fingerprint density at radius 3 is 2.32 bits per heavy atom. The minimum atomic E-state index is 0.707. The number of nitrogens with zero attached hydrogens (tertiary/aromatic N) is 2. The molecule has 0 aliphatic carbocycles. The van der Waals surface area contributed by atoms with E-state index in [1.807, 2.05) is 7.05 Å². The fraction of sp³-hybridized carbons (Fsp3) is 0.941. The van der Waals surface area contributed by atoms with E-state index in [2.05, 4.69) is 48.2 Å². The molecule has 0 amide bonds. The first-order valence-corrected chi connectivity index (χ1v) is 8.88. The van der Waals surface area contributed by atoms with Crippen LogP contribution in [0.4, 0.5) is 0 Å². The topological polar surface area (TPSA) is 48.9 Å². The molecule has 2 N–H and O–H groups in total. The van der Waals surface area contributed by atoms with Crippen molar-refractivity contribution >= 4 is 5.96 Å². The van der Waals surface area contributed by atoms with Crippen molar-refractivity contribution in [3.8, 4) is 0 Å². The highest BCUT2D eigenvalue weighted by molar-refractivity contribution is 5.79. The highest BCUT2D eigenvalue weighted by atomic mass is 16.5. The summed E-state index contributed by atoms with van der Waals surface area (Å²) in [4.78, 5) is 6.69. The van der Waals surface area contributed by atoms with Crippen LogP contribution < -0.4 is 10.6 Å². The lowest BCUT2D eigenvalue weighted by molar-refractivity contribution is 0.128. The van der Waals surface area contributed by atoms with Gasteiger partial charge in [-0.2, -0.15) is 0 Å². The summed E-state index contributed by atoms with van der Waals surface area (Å²) in [6.45, 7) is 15.7. The van der Waals surface area contributed by atoms with Crippen LogP contribution in [-0.2, 0) is 4.74 Å². The molecule has 5 nitrogen and oxygen atoms in total. The van der Waals surface area contributed by atoms with E-state index in [1.54, 1.807) is 0 Å². The quantitative estimate of drug-likeness (QED) is 0.311. The van der Waals surface area contributed by atoms with Gasteiger partial charge in [-0.05, 0) is 44.8 Å². The van der Waals surface area contributed by atoms with Crippen molar-refractivity contribution in [1.82, 2.24) is 15.5 Å². The van der Waals surface area contributed by atoms with Crippen molar-refractivity contribution in [1.29, 1.82) is 0 Å². The Morgan fingerprint density at radius 2 is 1.73 bits per heavy atom. The van der Waals surface area contributed by atoms with E-state index >= 15 is 0 Å². The summed E-state index contributed by atoms with van der Waals surface area (Å²) in [5.41, 5.74) is 0. The number of hydrogen-bond acceptors (Lipinski definition) is 3. The van der Waals surface area contributed by atoms with Crippen molar-refractivity contribution in [2.45, 2.75) is 47.0 Å². The summed E-state index contributed by atoms with van der Waals surface area (Å²) in [5, 5.41) is 6.64. The van der Waals surface area contributed by atoms with Crippen molar-refractivity contribution in [2.24, 2.45) is 10.9 Å². The molecule has 132 valence electrons. The average Bonchev–Trinajstić information content (AvgIpc) is 2.51. The Bertz CT molecular complexity index is 265. The Hall–Kier alpha value is -0.810. The van der Waals surface area contributed by atoms with Gasteiger partial charge in [-0.3, -0.25) is 4.99 Å². The Balaban J connectivity index is 3.52. The molecule has 5 heteroatoms. The highest BCUT2D eigenvalue weighted by Gasteiger charge is 2.00. The zero-order valence-electron chi connectivity index (χ0n) is 15.5. The number of ether oxygens (including phenoxy) is 1. The van der Waals surface area contributed by atoms with Crippen LogP contribution >= 0.6 is 0 Å². The molecule has 0 atom stereocenters. The van der Waals surface area contributed by atoms with Gasteiger partial charge in [0, 0.05) is 26.7 Å². The number of guanidine groups is 1. The summed E-state index contributed by atoms with van der Waals surface area (Å²) < 4.78 is 5.58. The van der Waals surface area contributed by atoms with E-state index in [0.717, 1.165) is 51.8 Å². The number of nitrogens with one attached hydrogen (secondary N) is 2. The Morgan fingerprint density at radius 1 is 1.05 bits per heavy atom. The zero-order chi connectivity index (χ0) is 16.6. The minimum absolute atomic E-state index is 0.707. The molecule has 0 fully saturated rings. The predicted octanol–water partition coefficient (Wildman–Crippen LogP) is 2.34. The van der Waals surface area contributed by atoms with Crippen LogP contribution in [0.5, 0.6) is 0 Å². The third-order valence-electron chi connectivity index (χ3n) is 3.69. The van der Waals surface area contributed by atoms with E-state index in [4.69, 9.17) is 4.74 Å². The first-order valence-electron chi connectivity index (χ1n) is 8.88. The Labute approximate surface area is 137 Å². The van der Waals surface area contributed by atoms with Gasteiger partial charge in [0.2, 0.25) is 0 Å². The van der Waals surface area contributed by atoms with Gasteiger partial charge in [0.25, 0.3) is 0 Å². The fourth-order valence-corrected chi connectivity index (χ4v) is 2.09. The van der Waals surface area contributed by atoms with Gasteiger partial charge < -0.3 is 20.3 Å². The maximum Gasteiger partial charge on any atom is 0.191 e. The van der Waals surface area contributed by atoms with Crippen molar-refractivity contribution in [2.75, 3.05) is 53.0 Å². The summed E-state index contributed by atoms with van der Waals surface area (Å²) in [6.07, 6.45) is 3.52. The number of unbranched alkanes of at least 4 members (excludes halogenated alkanes) is 1. The molecule has 0 saturated heterocycles. The second-order valence-electron chi connectivity index (χ2n) is 5.95. The zero-order valence-corrected chi connectivity index (χ0v) is 15.5. The Kier molecular flexibility index (Phi) is 14.5. The molecular formula is C17H38N4O.